The van der Waals surface area contributed by atoms with Crippen molar-refractivity contribution in [3.8, 4) is 5.75 Å². The van der Waals surface area contributed by atoms with E-state index in [1.807, 2.05) is 30.3 Å². The maximum atomic E-state index is 10.5. The number of ether oxygens (including phenoxy) is 1. The van der Waals surface area contributed by atoms with Crippen molar-refractivity contribution in [3.05, 3.63) is 30.3 Å². The van der Waals surface area contributed by atoms with Crippen LogP contribution in [0.1, 0.15) is 13.3 Å². The molecule has 0 aliphatic rings. The molecule has 0 amide bonds. The molecule has 0 fully saturated rings. The van der Waals surface area contributed by atoms with Gasteiger partial charge in [0.15, 0.2) is 0 Å². The second kappa shape index (κ2) is 6.85. The lowest BCUT2D eigenvalue weighted by Gasteiger charge is -2.09. The number of carboxylic acids is 1. The van der Waals surface area contributed by atoms with Crippen LogP contribution in [-0.2, 0) is 4.79 Å². The Morgan fingerprint density at radius 2 is 2.12 bits per heavy atom. The van der Waals surface area contributed by atoms with E-state index < -0.39 is 12.0 Å². The van der Waals surface area contributed by atoms with E-state index in [9.17, 15) is 4.79 Å². The van der Waals surface area contributed by atoms with Gasteiger partial charge in [0.25, 0.3) is 0 Å². The third-order valence-electron chi connectivity index (χ3n) is 2.15. The van der Waals surface area contributed by atoms with Crippen molar-refractivity contribution in [1.29, 1.82) is 0 Å². The van der Waals surface area contributed by atoms with Crippen molar-refractivity contribution in [2.75, 3.05) is 13.2 Å². The summed E-state index contributed by atoms with van der Waals surface area (Å²) in [6.07, 6.45) is 0.784. The number of benzene rings is 1. The number of rotatable bonds is 7. The van der Waals surface area contributed by atoms with Gasteiger partial charge in [0.2, 0.25) is 0 Å². The predicted octanol–water partition coefficient (Wildman–Crippen LogP) is 1.52. The molecule has 1 aromatic carbocycles. The summed E-state index contributed by atoms with van der Waals surface area (Å²) in [5.74, 6) is 0.0118. The molecule has 0 unspecified atom stereocenters. The van der Waals surface area contributed by atoms with Crippen molar-refractivity contribution in [2.24, 2.45) is 0 Å². The molecule has 0 spiro atoms. The molecule has 4 nitrogen and oxygen atoms in total. The molecule has 0 aliphatic carbocycles. The average Bonchev–Trinajstić information content (AvgIpc) is 2.29. The van der Waals surface area contributed by atoms with E-state index in [2.05, 4.69) is 5.32 Å². The van der Waals surface area contributed by atoms with Crippen LogP contribution < -0.4 is 10.1 Å². The quantitative estimate of drug-likeness (QED) is 0.688. The van der Waals surface area contributed by atoms with E-state index in [1.54, 1.807) is 6.92 Å². The van der Waals surface area contributed by atoms with Gasteiger partial charge in [-0.15, -0.1) is 0 Å². The Hall–Kier alpha value is -1.55. The zero-order valence-corrected chi connectivity index (χ0v) is 9.35. The summed E-state index contributed by atoms with van der Waals surface area (Å²) in [6, 6.07) is 9.06. The lowest BCUT2D eigenvalue weighted by atomic mass is 10.3. The van der Waals surface area contributed by atoms with Gasteiger partial charge in [-0.25, -0.2) is 0 Å². The maximum absolute atomic E-state index is 10.5. The topological polar surface area (TPSA) is 58.6 Å². The molecule has 4 heteroatoms. The molecule has 1 atom stereocenters. The second-order valence-electron chi connectivity index (χ2n) is 3.53. The summed E-state index contributed by atoms with van der Waals surface area (Å²) in [6.45, 7) is 2.85. The van der Waals surface area contributed by atoms with Crippen LogP contribution in [0.15, 0.2) is 30.3 Å². The SMILES string of the molecule is C[C@@H](NCCCOc1ccccc1)C(=O)O. The van der Waals surface area contributed by atoms with Crippen LogP contribution in [0.3, 0.4) is 0 Å². The molecule has 0 radical (unpaired) electrons. The molecule has 0 aromatic heterocycles. The van der Waals surface area contributed by atoms with Gasteiger partial charge >= 0.3 is 5.97 Å². The van der Waals surface area contributed by atoms with E-state index in [1.165, 1.54) is 0 Å². The molecule has 0 aliphatic heterocycles. The highest BCUT2D eigenvalue weighted by Gasteiger charge is 2.08. The number of hydrogen-bond acceptors (Lipinski definition) is 3. The summed E-state index contributed by atoms with van der Waals surface area (Å²) >= 11 is 0. The van der Waals surface area contributed by atoms with Crippen molar-refractivity contribution in [2.45, 2.75) is 19.4 Å². The van der Waals surface area contributed by atoms with Crippen LogP contribution in [-0.4, -0.2) is 30.3 Å². The third kappa shape index (κ3) is 4.79. The van der Waals surface area contributed by atoms with E-state index in [0.29, 0.717) is 13.2 Å². The van der Waals surface area contributed by atoms with E-state index in [4.69, 9.17) is 9.84 Å². The van der Waals surface area contributed by atoms with Crippen molar-refractivity contribution in [1.82, 2.24) is 5.32 Å². The number of para-hydroxylation sites is 1. The maximum Gasteiger partial charge on any atom is 0.320 e. The molecule has 2 N–H and O–H groups in total. The van der Waals surface area contributed by atoms with Gasteiger partial charge in [-0.3, -0.25) is 4.79 Å². The first-order valence-electron chi connectivity index (χ1n) is 5.34. The minimum Gasteiger partial charge on any atom is -0.494 e. The van der Waals surface area contributed by atoms with Gasteiger partial charge in [-0.2, -0.15) is 0 Å². The summed E-state index contributed by atoms with van der Waals surface area (Å²) in [5.41, 5.74) is 0. The molecule has 0 saturated carbocycles. The third-order valence-corrected chi connectivity index (χ3v) is 2.15. The Kier molecular flexibility index (Phi) is 5.36. The fraction of sp³-hybridized carbons (Fsp3) is 0.417. The standard InChI is InChI=1S/C12H17NO3/c1-10(12(14)15)13-8-5-9-16-11-6-3-2-4-7-11/h2-4,6-7,10,13H,5,8-9H2,1H3,(H,14,15)/t10-/m1/s1. The van der Waals surface area contributed by atoms with Gasteiger partial charge in [0.05, 0.1) is 6.61 Å². The molecule has 1 aromatic rings. The van der Waals surface area contributed by atoms with Crippen LogP contribution in [0.25, 0.3) is 0 Å². The fourth-order valence-electron chi connectivity index (χ4n) is 1.18. The molecule has 1 rings (SSSR count). The van der Waals surface area contributed by atoms with Crippen LogP contribution in [0.4, 0.5) is 0 Å². The predicted molar refractivity (Wildman–Crippen MR) is 61.7 cm³/mol. The first-order valence-corrected chi connectivity index (χ1v) is 5.34. The van der Waals surface area contributed by atoms with Crippen LogP contribution in [0.2, 0.25) is 0 Å². The first kappa shape index (κ1) is 12.5. The Morgan fingerprint density at radius 3 is 2.75 bits per heavy atom. The summed E-state index contributed by atoms with van der Waals surface area (Å²) < 4.78 is 5.46. The molecule has 0 saturated heterocycles. The monoisotopic (exact) mass is 223 g/mol. The van der Waals surface area contributed by atoms with Crippen LogP contribution in [0.5, 0.6) is 5.75 Å². The number of carbonyl (C=O) groups is 1. The molecule has 0 heterocycles. The zero-order valence-electron chi connectivity index (χ0n) is 9.35. The molecular weight excluding hydrogens is 206 g/mol. The molecule has 16 heavy (non-hydrogen) atoms. The van der Waals surface area contributed by atoms with Crippen molar-refractivity contribution < 1.29 is 14.6 Å². The average molecular weight is 223 g/mol. The van der Waals surface area contributed by atoms with Crippen molar-refractivity contribution >= 4 is 5.97 Å². The van der Waals surface area contributed by atoms with Crippen LogP contribution >= 0.6 is 0 Å². The normalized spacial score (nSPS) is 12.1. The highest BCUT2D eigenvalue weighted by Crippen LogP contribution is 2.07. The summed E-state index contributed by atoms with van der Waals surface area (Å²) in [4.78, 5) is 10.5. The Balaban J connectivity index is 2.07. The van der Waals surface area contributed by atoms with Crippen LogP contribution in [0, 0.1) is 0 Å². The largest absolute Gasteiger partial charge is 0.494 e. The van der Waals surface area contributed by atoms with Gasteiger partial charge in [0, 0.05) is 0 Å². The van der Waals surface area contributed by atoms with E-state index in [-0.39, 0.29) is 0 Å². The molecular formula is C12H17NO3. The number of aliphatic carboxylic acids is 1. The number of nitrogens with one attached hydrogen (secondary N) is 1. The van der Waals surface area contributed by atoms with Gasteiger partial charge in [-0.05, 0) is 32.0 Å². The van der Waals surface area contributed by atoms with E-state index >= 15 is 0 Å². The fourth-order valence-corrected chi connectivity index (χ4v) is 1.18. The minimum absolute atomic E-state index is 0.503. The zero-order chi connectivity index (χ0) is 11.8. The number of carboxylic acid groups (broad SMARTS) is 1. The van der Waals surface area contributed by atoms with Gasteiger partial charge in [0.1, 0.15) is 11.8 Å². The highest BCUT2D eigenvalue weighted by molar-refractivity contribution is 5.72. The Morgan fingerprint density at radius 1 is 1.44 bits per heavy atom. The summed E-state index contributed by atoms with van der Waals surface area (Å²) in [5, 5.41) is 11.5. The first-order chi connectivity index (χ1) is 7.70. The highest BCUT2D eigenvalue weighted by atomic mass is 16.5. The lowest BCUT2D eigenvalue weighted by Crippen LogP contribution is -2.34. The smallest absolute Gasteiger partial charge is 0.320 e. The Labute approximate surface area is 95.2 Å². The van der Waals surface area contributed by atoms with Gasteiger partial charge < -0.3 is 15.2 Å². The van der Waals surface area contributed by atoms with Crippen molar-refractivity contribution in [3.63, 3.8) is 0 Å². The number of hydrogen-bond donors (Lipinski definition) is 2. The lowest BCUT2D eigenvalue weighted by molar-refractivity contribution is -0.139. The van der Waals surface area contributed by atoms with E-state index in [0.717, 1.165) is 12.2 Å². The molecule has 0 bridgehead atoms. The van der Waals surface area contributed by atoms with Gasteiger partial charge in [-0.1, -0.05) is 18.2 Å². The molecule has 88 valence electrons. The minimum atomic E-state index is -0.830. The summed E-state index contributed by atoms with van der Waals surface area (Å²) in [7, 11) is 0. The second-order valence-corrected chi connectivity index (χ2v) is 3.53. The Bertz CT molecular complexity index is 313.